The molecule has 0 unspecified atom stereocenters. The van der Waals surface area contributed by atoms with Gasteiger partial charge in [0.25, 0.3) is 0 Å². The predicted molar refractivity (Wildman–Crippen MR) is 100 cm³/mol. The van der Waals surface area contributed by atoms with Crippen LogP contribution in [-0.4, -0.2) is 50.2 Å². The van der Waals surface area contributed by atoms with E-state index in [4.69, 9.17) is 11.2 Å². The first kappa shape index (κ1) is 20.7. The summed E-state index contributed by atoms with van der Waals surface area (Å²) in [6.45, 7) is 8.10. The number of unbranched alkanes of at least 4 members (excludes halogenated alkanes) is 3. The minimum absolute atomic E-state index is 1.19. The van der Waals surface area contributed by atoms with E-state index in [2.05, 4.69) is 39.8 Å². The molecule has 0 fully saturated rings. The van der Waals surface area contributed by atoms with Crippen LogP contribution in [0.4, 0.5) is 0 Å². The molecule has 0 N–H and O–H groups in total. The van der Waals surface area contributed by atoms with Gasteiger partial charge >= 0.3 is 133 Å². The van der Waals surface area contributed by atoms with E-state index in [1.54, 1.807) is 0 Å². The van der Waals surface area contributed by atoms with Crippen LogP contribution >= 0.6 is 17.2 Å². The third-order valence-electron chi connectivity index (χ3n) is 4.53. The zero-order valence-corrected chi connectivity index (χ0v) is 16.4. The van der Waals surface area contributed by atoms with E-state index in [9.17, 15) is 0 Å². The summed E-state index contributed by atoms with van der Waals surface area (Å²) in [6.07, 6.45) is 14.4. The Labute approximate surface area is 133 Å². The van der Waals surface area contributed by atoms with Crippen LogP contribution in [0.5, 0.6) is 0 Å². The molecule has 0 saturated carbocycles. The molecular formula is C17H39ClNP. The number of hydrogen-bond acceptors (Lipinski definition) is 1. The quantitative estimate of drug-likeness (QED) is 0.373. The molecule has 124 valence electrons. The number of rotatable bonds is 13. The van der Waals surface area contributed by atoms with Gasteiger partial charge in [0.1, 0.15) is 0 Å². The maximum atomic E-state index is 7.53. The zero-order valence-electron chi connectivity index (χ0n) is 14.8. The zero-order chi connectivity index (χ0) is 15.5. The van der Waals surface area contributed by atoms with Gasteiger partial charge in [-0.25, -0.2) is 0 Å². The topological polar surface area (TPSA) is 3.24 Å². The van der Waals surface area contributed by atoms with Crippen molar-refractivity contribution in [2.24, 2.45) is 0 Å². The van der Waals surface area contributed by atoms with Gasteiger partial charge in [0, 0.05) is 0 Å². The van der Waals surface area contributed by atoms with Gasteiger partial charge < -0.3 is 0 Å². The van der Waals surface area contributed by atoms with E-state index in [1.165, 1.54) is 76.1 Å². The Balaban J connectivity index is 4.86. The predicted octanol–water partition coefficient (Wildman–Crippen LogP) is 6.05. The first-order valence-electron chi connectivity index (χ1n) is 8.77. The van der Waals surface area contributed by atoms with Crippen LogP contribution in [-0.2, 0) is 0 Å². The molecule has 0 saturated heterocycles. The van der Waals surface area contributed by atoms with E-state index in [-0.39, 0.29) is 0 Å². The summed E-state index contributed by atoms with van der Waals surface area (Å²) < 4.78 is 0. The average Bonchev–Trinajstić information content (AvgIpc) is 2.41. The molecule has 0 aromatic rings. The Bertz CT molecular complexity index is 219. The van der Waals surface area contributed by atoms with Crippen molar-refractivity contribution in [2.75, 3.05) is 45.3 Å². The van der Waals surface area contributed by atoms with Gasteiger partial charge in [-0.2, -0.15) is 0 Å². The Hall–Kier alpha value is 0.680. The summed E-state index contributed by atoms with van der Waals surface area (Å²) in [6, 6.07) is 0. The second-order valence-electron chi connectivity index (χ2n) is 6.93. The summed E-state index contributed by atoms with van der Waals surface area (Å²) in [5.41, 5.74) is 0. The maximum absolute atomic E-state index is 7.53. The van der Waals surface area contributed by atoms with Crippen molar-refractivity contribution in [3.8, 4) is 0 Å². The third-order valence-corrected chi connectivity index (χ3v) is 12.3. The van der Waals surface area contributed by atoms with Crippen molar-refractivity contribution < 1.29 is 0 Å². The fraction of sp³-hybridized carbons (Fsp3) is 1.00. The van der Waals surface area contributed by atoms with Crippen LogP contribution in [0.3, 0.4) is 0 Å². The average molecular weight is 324 g/mol. The van der Waals surface area contributed by atoms with Crippen LogP contribution in [0, 0.1) is 0 Å². The summed E-state index contributed by atoms with van der Waals surface area (Å²) in [7, 11) is 4.35. The summed E-state index contributed by atoms with van der Waals surface area (Å²) >= 11 is 7.53. The number of nitrogens with zero attached hydrogens (tertiary/aromatic N) is 1. The van der Waals surface area contributed by atoms with Crippen molar-refractivity contribution in [3.05, 3.63) is 0 Å². The van der Waals surface area contributed by atoms with Crippen molar-refractivity contribution in [3.63, 3.8) is 0 Å². The Morgan fingerprint density at radius 2 is 1.05 bits per heavy atom. The summed E-state index contributed by atoms with van der Waals surface area (Å²) in [4.78, 5) is 2.30. The second kappa shape index (κ2) is 10.4. The molecule has 3 heteroatoms. The van der Waals surface area contributed by atoms with Gasteiger partial charge in [0.05, 0.1) is 0 Å². The molecular weight excluding hydrogens is 285 g/mol. The Morgan fingerprint density at radius 1 is 0.700 bits per heavy atom. The standard InChI is InChI=1S/C17H39ClNP/c1-6-9-14-20(18,15-10-7-2,16-11-8-3)17-12-13-19(4)5/h6-17H2,1-5H3. The van der Waals surface area contributed by atoms with Crippen molar-refractivity contribution in [1.29, 1.82) is 0 Å². The third kappa shape index (κ3) is 8.20. The van der Waals surface area contributed by atoms with E-state index >= 15 is 0 Å². The second-order valence-corrected chi connectivity index (χ2v) is 15.2. The van der Waals surface area contributed by atoms with E-state index in [0.717, 1.165) is 0 Å². The van der Waals surface area contributed by atoms with Crippen LogP contribution < -0.4 is 0 Å². The van der Waals surface area contributed by atoms with Crippen LogP contribution in [0.25, 0.3) is 0 Å². The van der Waals surface area contributed by atoms with E-state index in [1.807, 2.05) is 0 Å². The molecule has 0 aliphatic rings. The van der Waals surface area contributed by atoms with Gasteiger partial charge in [-0.3, -0.25) is 0 Å². The van der Waals surface area contributed by atoms with Gasteiger partial charge in [-0.05, 0) is 0 Å². The molecule has 0 amide bonds. The molecule has 0 aromatic heterocycles. The summed E-state index contributed by atoms with van der Waals surface area (Å²) in [5.74, 6) is -1.96. The van der Waals surface area contributed by atoms with Crippen molar-refractivity contribution in [1.82, 2.24) is 4.90 Å². The molecule has 0 bridgehead atoms. The fourth-order valence-corrected chi connectivity index (χ4v) is 10.1. The molecule has 0 aliphatic heterocycles. The van der Waals surface area contributed by atoms with Crippen molar-refractivity contribution in [2.45, 2.75) is 65.7 Å². The first-order chi connectivity index (χ1) is 9.40. The molecule has 0 radical (unpaired) electrons. The molecule has 0 heterocycles. The van der Waals surface area contributed by atoms with Gasteiger partial charge in [0.2, 0.25) is 0 Å². The van der Waals surface area contributed by atoms with Gasteiger partial charge in [-0.15, -0.1) is 0 Å². The normalized spacial score (nSPS) is 14.4. The molecule has 20 heavy (non-hydrogen) atoms. The fourth-order valence-electron chi connectivity index (χ4n) is 3.11. The molecule has 0 atom stereocenters. The monoisotopic (exact) mass is 323 g/mol. The van der Waals surface area contributed by atoms with Crippen LogP contribution in [0.2, 0.25) is 0 Å². The van der Waals surface area contributed by atoms with Gasteiger partial charge in [0.15, 0.2) is 0 Å². The summed E-state index contributed by atoms with van der Waals surface area (Å²) in [5, 5.41) is 0. The van der Waals surface area contributed by atoms with E-state index in [0.29, 0.717) is 0 Å². The molecule has 0 aliphatic carbocycles. The van der Waals surface area contributed by atoms with Crippen LogP contribution in [0.1, 0.15) is 65.7 Å². The Morgan fingerprint density at radius 3 is 1.35 bits per heavy atom. The van der Waals surface area contributed by atoms with Crippen molar-refractivity contribution >= 4 is 17.2 Å². The number of hydrogen-bond donors (Lipinski definition) is 0. The van der Waals surface area contributed by atoms with Crippen LogP contribution in [0.15, 0.2) is 0 Å². The van der Waals surface area contributed by atoms with E-state index < -0.39 is 5.96 Å². The Kier molecular flexibility index (Phi) is 10.8. The minimum atomic E-state index is -1.96. The molecule has 1 nitrogen and oxygen atoms in total. The molecule has 0 aromatic carbocycles. The number of halogens is 1. The molecule has 0 rings (SSSR count). The molecule has 0 spiro atoms. The first-order valence-corrected chi connectivity index (χ1v) is 12.6. The van der Waals surface area contributed by atoms with Gasteiger partial charge in [-0.1, -0.05) is 0 Å². The SMILES string of the molecule is CCCCP(Cl)(CCCC)(CCCC)CCCN(C)C.